The molecular weight excluding hydrogens is 252 g/mol. The van der Waals surface area contributed by atoms with Gasteiger partial charge in [-0.2, -0.15) is 0 Å². The largest absolute Gasteiger partial charge is 0.497 e. The number of rotatable bonds is 5. The molecule has 4 heteroatoms. The molecule has 0 aromatic heterocycles. The Kier molecular flexibility index (Phi) is 4.60. The van der Waals surface area contributed by atoms with Crippen molar-refractivity contribution in [2.45, 2.75) is 6.04 Å². The van der Waals surface area contributed by atoms with Crippen molar-refractivity contribution in [3.8, 4) is 5.75 Å². The number of ether oxygens (including phenoxy) is 1. The highest BCUT2D eigenvalue weighted by Gasteiger charge is 2.18. The molecule has 0 spiro atoms. The van der Waals surface area contributed by atoms with E-state index in [0.29, 0.717) is 0 Å². The quantitative estimate of drug-likeness (QED) is 0.878. The Hall–Kier alpha value is -2.49. The molecule has 0 heterocycles. The summed E-state index contributed by atoms with van der Waals surface area (Å²) >= 11 is 0. The van der Waals surface area contributed by atoms with Gasteiger partial charge in [0.1, 0.15) is 11.8 Å². The van der Waals surface area contributed by atoms with Crippen LogP contribution in [0.4, 0.5) is 5.69 Å². The van der Waals surface area contributed by atoms with Crippen molar-refractivity contribution in [1.82, 2.24) is 5.32 Å². The molecule has 1 amide bonds. The van der Waals surface area contributed by atoms with Gasteiger partial charge in [-0.15, -0.1) is 0 Å². The predicted octanol–water partition coefficient (Wildman–Crippen LogP) is 2.59. The number of methoxy groups -OCH3 is 1. The number of hydrogen-bond donors (Lipinski definition) is 2. The lowest BCUT2D eigenvalue weighted by atomic mass is 10.1. The number of amides is 1. The Balaban J connectivity index is 2.21. The monoisotopic (exact) mass is 270 g/mol. The minimum atomic E-state index is -0.422. The molecule has 20 heavy (non-hydrogen) atoms. The molecule has 0 saturated carbocycles. The van der Waals surface area contributed by atoms with E-state index in [1.165, 1.54) is 0 Å². The van der Waals surface area contributed by atoms with Crippen molar-refractivity contribution in [2.75, 3.05) is 19.5 Å². The Morgan fingerprint density at radius 2 is 1.70 bits per heavy atom. The van der Waals surface area contributed by atoms with Crippen LogP contribution in [-0.2, 0) is 4.79 Å². The molecule has 2 aromatic carbocycles. The van der Waals surface area contributed by atoms with Crippen LogP contribution in [-0.4, -0.2) is 20.1 Å². The molecule has 1 unspecified atom stereocenters. The molecule has 2 aromatic rings. The molecule has 0 radical (unpaired) electrons. The van der Waals surface area contributed by atoms with Crippen LogP contribution in [0.25, 0.3) is 0 Å². The van der Waals surface area contributed by atoms with Gasteiger partial charge in [-0.1, -0.05) is 30.3 Å². The number of nitrogens with one attached hydrogen (secondary N) is 2. The third-order valence-electron chi connectivity index (χ3n) is 3.04. The summed E-state index contributed by atoms with van der Waals surface area (Å²) in [5.74, 6) is 0.707. The van der Waals surface area contributed by atoms with Crippen molar-refractivity contribution in [3.05, 3.63) is 60.2 Å². The fraction of sp³-hybridized carbons (Fsp3) is 0.188. The summed E-state index contributed by atoms with van der Waals surface area (Å²) < 4.78 is 5.12. The summed E-state index contributed by atoms with van der Waals surface area (Å²) in [6.07, 6.45) is 0. The van der Waals surface area contributed by atoms with Crippen LogP contribution >= 0.6 is 0 Å². The summed E-state index contributed by atoms with van der Waals surface area (Å²) in [6.45, 7) is 0. The minimum absolute atomic E-state index is 0.0768. The Labute approximate surface area is 118 Å². The standard InChI is InChI=1S/C16H18N2O2/c1-17-16(19)15(12-6-4-3-5-7-12)18-13-8-10-14(20-2)11-9-13/h3-11,15,18H,1-2H3,(H,17,19). The molecule has 0 aliphatic carbocycles. The maximum Gasteiger partial charge on any atom is 0.246 e. The van der Waals surface area contributed by atoms with Crippen LogP contribution in [0.2, 0.25) is 0 Å². The molecule has 2 N–H and O–H groups in total. The third-order valence-corrected chi connectivity index (χ3v) is 3.04. The Morgan fingerprint density at radius 1 is 1.05 bits per heavy atom. The van der Waals surface area contributed by atoms with E-state index in [0.717, 1.165) is 17.0 Å². The number of carbonyl (C=O) groups is 1. The zero-order chi connectivity index (χ0) is 14.4. The Morgan fingerprint density at radius 3 is 2.25 bits per heavy atom. The average Bonchev–Trinajstić information content (AvgIpc) is 2.53. The topological polar surface area (TPSA) is 50.4 Å². The van der Waals surface area contributed by atoms with Crippen LogP contribution in [0.3, 0.4) is 0 Å². The van der Waals surface area contributed by atoms with Gasteiger partial charge in [0.15, 0.2) is 0 Å². The fourth-order valence-electron chi connectivity index (χ4n) is 1.94. The first-order chi connectivity index (χ1) is 9.74. The highest BCUT2D eigenvalue weighted by atomic mass is 16.5. The van der Waals surface area contributed by atoms with Gasteiger partial charge < -0.3 is 15.4 Å². The molecule has 0 aliphatic heterocycles. The number of benzene rings is 2. The predicted molar refractivity (Wildman–Crippen MR) is 79.9 cm³/mol. The lowest BCUT2D eigenvalue weighted by Crippen LogP contribution is -2.30. The lowest BCUT2D eigenvalue weighted by molar-refractivity contribution is -0.121. The van der Waals surface area contributed by atoms with Crippen molar-refractivity contribution < 1.29 is 9.53 Å². The first-order valence-electron chi connectivity index (χ1n) is 6.41. The van der Waals surface area contributed by atoms with Crippen LogP contribution in [0, 0.1) is 0 Å². The SMILES string of the molecule is CNC(=O)C(Nc1ccc(OC)cc1)c1ccccc1. The first kappa shape index (κ1) is 13.9. The third kappa shape index (κ3) is 3.29. The highest BCUT2D eigenvalue weighted by molar-refractivity contribution is 5.85. The zero-order valence-electron chi connectivity index (χ0n) is 11.6. The maximum absolute atomic E-state index is 12.0. The second-order valence-electron chi connectivity index (χ2n) is 4.33. The molecule has 0 bridgehead atoms. The van der Waals surface area contributed by atoms with Gasteiger partial charge in [-0.05, 0) is 29.8 Å². The average molecular weight is 270 g/mol. The van der Waals surface area contributed by atoms with Crippen LogP contribution in [0.15, 0.2) is 54.6 Å². The number of hydrogen-bond acceptors (Lipinski definition) is 3. The molecular formula is C16H18N2O2. The lowest BCUT2D eigenvalue weighted by Gasteiger charge is -2.19. The van der Waals surface area contributed by atoms with E-state index in [1.807, 2.05) is 54.6 Å². The smallest absolute Gasteiger partial charge is 0.246 e. The van der Waals surface area contributed by atoms with E-state index >= 15 is 0 Å². The van der Waals surface area contributed by atoms with Crippen LogP contribution < -0.4 is 15.4 Å². The number of carbonyl (C=O) groups excluding carboxylic acids is 1. The van der Waals surface area contributed by atoms with Gasteiger partial charge in [-0.3, -0.25) is 4.79 Å². The number of likely N-dealkylation sites (N-methyl/N-ethyl adjacent to an activating group) is 1. The summed E-state index contributed by atoms with van der Waals surface area (Å²) in [6, 6.07) is 16.7. The first-order valence-corrected chi connectivity index (χ1v) is 6.41. The van der Waals surface area contributed by atoms with Gasteiger partial charge >= 0.3 is 0 Å². The van der Waals surface area contributed by atoms with E-state index < -0.39 is 6.04 Å². The minimum Gasteiger partial charge on any atom is -0.497 e. The molecule has 0 aliphatic rings. The van der Waals surface area contributed by atoms with Gasteiger partial charge in [0.2, 0.25) is 5.91 Å². The second-order valence-corrected chi connectivity index (χ2v) is 4.33. The molecule has 104 valence electrons. The zero-order valence-corrected chi connectivity index (χ0v) is 11.6. The van der Waals surface area contributed by atoms with Crippen molar-refractivity contribution in [3.63, 3.8) is 0 Å². The van der Waals surface area contributed by atoms with Gasteiger partial charge in [-0.25, -0.2) is 0 Å². The van der Waals surface area contributed by atoms with E-state index in [2.05, 4.69) is 10.6 Å². The Bertz CT molecular complexity index is 552. The van der Waals surface area contributed by atoms with Gasteiger partial charge in [0, 0.05) is 12.7 Å². The van der Waals surface area contributed by atoms with E-state index in [4.69, 9.17) is 4.74 Å². The van der Waals surface area contributed by atoms with Crippen LogP contribution in [0.5, 0.6) is 5.75 Å². The fourth-order valence-corrected chi connectivity index (χ4v) is 1.94. The van der Waals surface area contributed by atoms with Crippen LogP contribution in [0.1, 0.15) is 11.6 Å². The highest BCUT2D eigenvalue weighted by Crippen LogP contribution is 2.22. The molecule has 1 atom stereocenters. The molecule has 0 saturated heterocycles. The summed E-state index contributed by atoms with van der Waals surface area (Å²) in [5, 5.41) is 5.91. The normalized spacial score (nSPS) is 11.5. The molecule has 4 nitrogen and oxygen atoms in total. The summed E-state index contributed by atoms with van der Waals surface area (Å²) in [5.41, 5.74) is 1.78. The second kappa shape index (κ2) is 6.61. The summed E-state index contributed by atoms with van der Waals surface area (Å²) in [4.78, 5) is 12.0. The van der Waals surface area contributed by atoms with E-state index in [9.17, 15) is 4.79 Å². The molecule has 0 fully saturated rings. The van der Waals surface area contributed by atoms with E-state index in [-0.39, 0.29) is 5.91 Å². The van der Waals surface area contributed by atoms with Crippen molar-refractivity contribution in [2.24, 2.45) is 0 Å². The molecule has 2 rings (SSSR count). The summed E-state index contributed by atoms with van der Waals surface area (Å²) in [7, 11) is 3.26. The van der Waals surface area contributed by atoms with E-state index in [1.54, 1.807) is 14.2 Å². The van der Waals surface area contributed by atoms with Crippen molar-refractivity contribution >= 4 is 11.6 Å². The van der Waals surface area contributed by atoms with Gasteiger partial charge in [0.05, 0.1) is 7.11 Å². The van der Waals surface area contributed by atoms with Gasteiger partial charge in [0.25, 0.3) is 0 Å². The maximum atomic E-state index is 12.0. The number of anilines is 1. The van der Waals surface area contributed by atoms with Crippen molar-refractivity contribution in [1.29, 1.82) is 0 Å².